The minimum Gasteiger partial charge on any atom is -0.350 e. The summed E-state index contributed by atoms with van der Waals surface area (Å²) in [5.74, 6) is 0.592. The first-order valence-electron chi connectivity index (χ1n) is 8.70. The number of hydrogen-bond donors (Lipinski definition) is 0. The van der Waals surface area contributed by atoms with Gasteiger partial charge in [0.2, 0.25) is 5.91 Å². The second kappa shape index (κ2) is 5.92. The van der Waals surface area contributed by atoms with Crippen LogP contribution in [-0.2, 0) is 11.8 Å². The maximum atomic E-state index is 12.8. The molecule has 4 nitrogen and oxygen atoms in total. The third-order valence-corrected chi connectivity index (χ3v) is 5.21. The first kappa shape index (κ1) is 17.0. The second-order valence-corrected chi connectivity index (χ2v) is 8.31. The van der Waals surface area contributed by atoms with E-state index in [1.165, 1.54) is 16.5 Å². The number of aromatic nitrogens is 1. The van der Waals surface area contributed by atoms with Crippen molar-refractivity contribution in [2.75, 3.05) is 27.2 Å². The third kappa shape index (κ3) is 2.84. The Morgan fingerprint density at radius 1 is 1.17 bits per heavy atom. The minimum atomic E-state index is -0.329. The minimum absolute atomic E-state index is 0.247. The molecule has 0 N–H and O–H groups in total. The number of hydrogen-bond acceptors (Lipinski definition) is 2. The Kier molecular flexibility index (Phi) is 4.20. The fraction of sp³-hybridized carbons (Fsp3) is 0.550. The van der Waals surface area contributed by atoms with Crippen LogP contribution in [-0.4, -0.2) is 53.5 Å². The molecule has 0 saturated carbocycles. The molecular formula is C20H29N3O. The van der Waals surface area contributed by atoms with Crippen molar-refractivity contribution in [3.05, 3.63) is 36.0 Å². The van der Waals surface area contributed by atoms with Gasteiger partial charge in [-0.1, -0.05) is 39.0 Å². The normalized spacial score (nSPS) is 21.9. The summed E-state index contributed by atoms with van der Waals surface area (Å²) in [4.78, 5) is 17.1. The molecule has 0 spiro atoms. The van der Waals surface area contributed by atoms with Crippen LogP contribution in [0.15, 0.2) is 30.5 Å². The van der Waals surface area contributed by atoms with Crippen LogP contribution in [0.1, 0.15) is 32.3 Å². The smallest absolute Gasteiger partial charge is 0.228 e. The first-order valence-corrected chi connectivity index (χ1v) is 8.70. The molecule has 1 saturated heterocycles. The molecule has 2 aromatic rings. The summed E-state index contributed by atoms with van der Waals surface area (Å²) in [5.41, 5.74) is 2.28. The van der Waals surface area contributed by atoms with Gasteiger partial charge in [-0.25, -0.2) is 0 Å². The van der Waals surface area contributed by atoms with Gasteiger partial charge in [-0.3, -0.25) is 4.79 Å². The maximum Gasteiger partial charge on any atom is 0.228 e. The summed E-state index contributed by atoms with van der Waals surface area (Å²) >= 11 is 0. The highest BCUT2D eigenvalue weighted by molar-refractivity contribution is 5.85. The Morgan fingerprint density at radius 2 is 1.83 bits per heavy atom. The summed E-state index contributed by atoms with van der Waals surface area (Å²) in [5, 5.41) is 1.31. The van der Waals surface area contributed by atoms with Gasteiger partial charge in [-0.2, -0.15) is 0 Å². The number of carbonyl (C=O) groups is 1. The monoisotopic (exact) mass is 327 g/mol. The molecule has 1 aromatic carbocycles. The molecule has 0 aliphatic carbocycles. The number of benzene rings is 1. The molecule has 3 rings (SSSR count). The highest BCUT2D eigenvalue weighted by Gasteiger charge is 2.41. The highest BCUT2D eigenvalue weighted by atomic mass is 16.2. The predicted molar refractivity (Wildman–Crippen MR) is 99.2 cm³/mol. The fourth-order valence-corrected chi connectivity index (χ4v) is 3.92. The molecule has 2 heterocycles. The SMILES string of the molecule is CN(C)[C@@H]1CN(C(=O)C(C)(C)C)C[C@H]1c1cn(C)c2ccccc12. The van der Waals surface area contributed by atoms with Gasteiger partial charge in [0.05, 0.1) is 0 Å². The van der Waals surface area contributed by atoms with Gasteiger partial charge in [0.1, 0.15) is 0 Å². The highest BCUT2D eigenvalue weighted by Crippen LogP contribution is 2.36. The summed E-state index contributed by atoms with van der Waals surface area (Å²) in [7, 11) is 6.34. The number of aryl methyl sites for hydroxylation is 1. The third-order valence-electron chi connectivity index (χ3n) is 5.21. The number of para-hydroxylation sites is 1. The Morgan fingerprint density at radius 3 is 2.46 bits per heavy atom. The van der Waals surface area contributed by atoms with E-state index in [9.17, 15) is 4.79 Å². The van der Waals surface area contributed by atoms with E-state index in [0.717, 1.165) is 13.1 Å². The molecule has 0 unspecified atom stereocenters. The van der Waals surface area contributed by atoms with E-state index in [0.29, 0.717) is 12.0 Å². The van der Waals surface area contributed by atoms with Gasteiger partial charge >= 0.3 is 0 Å². The van der Waals surface area contributed by atoms with Gasteiger partial charge in [-0.15, -0.1) is 0 Å². The molecule has 4 heteroatoms. The quantitative estimate of drug-likeness (QED) is 0.848. The molecule has 24 heavy (non-hydrogen) atoms. The van der Waals surface area contributed by atoms with Crippen molar-refractivity contribution < 1.29 is 4.79 Å². The topological polar surface area (TPSA) is 28.5 Å². The average molecular weight is 327 g/mol. The van der Waals surface area contributed by atoms with Crippen molar-refractivity contribution >= 4 is 16.8 Å². The zero-order chi connectivity index (χ0) is 17.6. The number of rotatable bonds is 2. The summed E-state index contributed by atoms with van der Waals surface area (Å²) in [6.45, 7) is 7.62. The second-order valence-electron chi connectivity index (χ2n) is 8.31. The van der Waals surface area contributed by atoms with Gasteiger partial charge < -0.3 is 14.4 Å². The van der Waals surface area contributed by atoms with Crippen LogP contribution >= 0.6 is 0 Å². The molecular weight excluding hydrogens is 298 g/mol. The van der Waals surface area contributed by atoms with Crippen LogP contribution in [0.5, 0.6) is 0 Å². The van der Waals surface area contributed by atoms with Crippen molar-refractivity contribution in [1.82, 2.24) is 14.4 Å². The summed E-state index contributed by atoms with van der Waals surface area (Å²) in [6.07, 6.45) is 2.25. The zero-order valence-electron chi connectivity index (χ0n) is 15.7. The molecule has 0 radical (unpaired) electrons. The zero-order valence-corrected chi connectivity index (χ0v) is 15.7. The molecule has 1 amide bonds. The van der Waals surface area contributed by atoms with Crippen molar-refractivity contribution in [2.24, 2.45) is 12.5 Å². The summed E-state index contributed by atoms with van der Waals surface area (Å²) in [6, 6.07) is 8.90. The number of nitrogens with zero attached hydrogens (tertiary/aromatic N) is 3. The molecule has 2 atom stereocenters. The Balaban J connectivity index is 2.00. The lowest BCUT2D eigenvalue weighted by Gasteiger charge is -2.26. The van der Waals surface area contributed by atoms with Crippen LogP contribution in [0, 0.1) is 5.41 Å². The lowest BCUT2D eigenvalue weighted by atomic mass is 9.93. The summed E-state index contributed by atoms with van der Waals surface area (Å²) < 4.78 is 2.20. The van der Waals surface area contributed by atoms with E-state index in [-0.39, 0.29) is 11.3 Å². The van der Waals surface area contributed by atoms with Crippen LogP contribution in [0.3, 0.4) is 0 Å². The van der Waals surface area contributed by atoms with Crippen molar-refractivity contribution in [3.8, 4) is 0 Å². The van der Waals surface area contributed by atoms with Crippen LogP contribution in [0.25, 0.3) is 10.9 Å². The number of likely N-dealkylation sites (tertiary alicyclic amines) is 1. The number of likely N-dealkylation sites (N-methyl/N-ethyl adjacent to an activating group) is 1. The van der Waals surface area contributed by atoms with Gasteiger partial charge in [0.25, 0.3) is 0 Å². The van der Waals surface area contributed by atoms with Gasteiger partial charge in [0, 0.05) is 54.6 Å². The molecule has 1 aliphatic rings. The van der Waals surface area contributed by atoms with Crippen LogP contribution in [0.4, 0.5) is 0 Å². The van der Waals surface area contributed by atoms with Crippen LogP contribution < -0.4 is 0 Å². The molecule has 1 fully saturated rings. The average Bonchev–Trinajstić information content (AvgIpc) is 3.08. The van der Waals surface area contributed by atoms with E-state index >= 15 is 0 Å². The maximum absolute atomic E-state index is 12.8. The molecule has 130 valence electrons. The van der Waals surface area contributed by atoms with Gasteiger partial charge in [-0.05, 0) is 25.7 Å². The standard InChI is InChI=1S/C20H29N3O/c1-20(2,3)19(24)23-12-16(18(13-23)21(4)5)15-11-22(6)17-10-8-7-9-14(15)17/h7-11,16,18H,12-13H2,1-6H3/t16-,18+/m0/s1. The van der Waals surface area contributed by atoms with E-state index in [2.05, 4.69) is 66.0 Å². The molecule has 0 bridgehead atoms. The van der Waals surface area contributed by atoms with E-state index < -0.39 is 0 Å². The first-order chi connectivity index (χ1) is 11.2. The van der Waals surface area contributed by atoms with Crippen molar-refractivity contribution in [1.29, 1.82) is 0 Å². The number of fused-ring (bicyclic) bond motifs is 1. The van der Waals surface area contributed by atoms with E-state index in [1.807, 2.05) is 20.8 Å². The van der Waals surface area contributed by atoms with E-state index in [1.54, 1.807) is 0 Å². The largest absolute Gasteiger partial charge is 0.350 e. The predicted octanol–water partition coefficient (Wildman–Crippen LogP) is 3.08. The van der Waals surface area contributed by atoms with Crippen LogP contribution in [0.2, 0.25) is 0 Å². The molecule has 1 aromatic heterocycles. The van der Waals surface area contributed by atoms with Crippen molar-refractivity contribution in [3.63, 3.8) is 0 Å². The van der Waals surface area contributed by atoms with E-state index in [4.69, 9.17) is 0 Å². The number of amides is 1. The lowest BCUT2D eigenvalue weighted by Crippen LogP contribution is -2.40. The number of carbonyl (C=O) groups excluding carboxylic acids is 1. The molecule has 1 aliphatic heterocycles. The fourth-order valence-electron chi connectivity index (χ4n) is 3.92. The van der Waals surface area contributed by atoms with Gasteiger partial charge in [0.15, 0.2) is 0 Å². The Labute approximate surface area is 145 Å². The van der Waals surface area contributed by atoms with Crippen molar-refractivity contribution in [2.45, 2.75) is 32.7 Å². The lowest BCUT2D eigenvalue weighted by molar-refractivity contribution is -0.138. The Bertz CT molecular complexity index is 754. The Hall–Kier alpha value is -1.81.